The van der Waals surface area contributed by atoms with Crippen molar-refractivity contribution in [2.24, 2.45) is 0 Å². The van der Waals surface area contributed by atoms with Gasteiger partial charge in [-0.15, -0.1) is 0 Å². The van der Waals surface area contributed by atoms with Crippen molar-refractivity contribution >= 4 is 27.2 Å². The molecule has 20 heavy (non-hydrogen) atoms. The molecule has 3 aromatic rings. The first-order valence-electron chi connectivity index (χ1n) is 6.85. The molecular weight excluding hydrogens is 350 g/mol. The molecule has 0 spiro atoms. The fourth-order valence-electron chi connectivity index (χ4n) is 2.31. The van der Waals surface area contributed by atoms with Crippen molar-refractivity contribution in [3.05, 3.63) is 96.6 Å². The second kappa shape index (κ2) is 6.77. The topological polar surface area (TPSA) is 0 Å². The third-order valence-corrected chi connectivity index (χ3v) is 10.5. The molecule has 0 aliphatic heterocycles. The molecule has 0 radical (unpaired) electrons. The van der Waals surface area contributed by atoms with Crippen LogP contribution in [0.5, 0.6) is 0 Å². The van der Waals surface area contributed by atoms with E-state index in [1.165, 1.54) is 9.93 Å². The Labute approximate surface area is 128 Å². The van der Waals surface area contributed by atoms with E-state index >= 15 is 0 Å². The van der Waals surface area contributed by atoms with E-state index in [4.69, 9.17) is 0 Å². The summed E-state index contributed by atoms with van der Waals surface area (Å²) >= 11 is -1.69. The van der Waals surface area contributed by atoms with Crippen LogP contribution in [-0.4, -0.2) is 20.2 Å². The summed E-state index contributed by atoms with van der Waals surface area (Å²) < 4.78 is 4.34. The van der Waals surface area contributed by atoms with Crippen LogP contribution in [0.1, 0.15) is 5.56 Å². The average molecular weight is 367 g/mol. The monoisotopic (exact) mass is 366 g/mol. The fourth-order valence-corrected chi connectivity index (χ4v) is 8.89. The van der Waals surface area contributed by atoms with E-state index in [2.05, 4.69) is 91.0 Å². The first kappa shape index (κ1) is 13.5. The molecule has 0 heterocycles. The Morgan fingerprint density at radius 3 is 1.35 bits per heavy atom. The van der Waals surface area contributed by atoms with Crippen LogP contribution in [-0.2, 0) is 4.37 Å². The van der Waals surface area contributed by atoms with Crippen LogP contribution in [0.3, 0.4) is 0 Å². The van der Waals surface area contributed by atoms with Crippen molar-refractivity contribution in [3.8, 4) is 0 Å². The summed E-state index contributed by atoms with van der Waals surface area (Å²) in [6.45, 7) is 0. The summed E-state index contributed by atoms with van der Waals surface area (Å²) in [5.41, 5.74) is 1.46. The molecule has 0 atom stereocenters. The van der Waals surface area contributed by atoms with Gasteiger partial charge in [-0.2, -0.15) is 0 Å². The molecule has 0 aliphatic rings. The Morgan fingerprint density at radius 2 is 0.900 bits per heavy atom. The fraction of sp³-hybridized carbons (Fsp3) is 0.0526. The minimum atomic E-state index is -1.69. The van der Waals surface area contributed by atoms with Crippen LogP contribution in [0.25, 0.3) is 0 Å². The van der Waals surface area contributed by atoms with Gasteiger partial charge in [0.15, 0.2) is 0 Å². The minimum absolute atomic E-state index is 1.22. The van der Waals surface area contributed by atoms with Gasteiger partial charge in [0.2, 0.25) is 0 Å². The molecule has 0 saturated carbocycles. The second-order valence-electron chi connectivity index (χ2n) is 4.74. The van der Waals surface area contributed by atoms with E-state index in [9.17, 15) is 0 Å². The van der Waals surface area contributed by atoms with Crippen LogP contribution in [0, 0.1) is 0 Å². The summed E-state index contributed by atoms with van der Waals surface area (Å²) in [7, 11) is 0. The van der Waals surface area contributed by atoms with Crippen LogP contribution in [0.4, 0.5) is 0 Å². The first-order chi connectivity index (χ1) is 9.93. The van der Waals surface area contributed by atoms with Gasteiger partial charge in [-0.25, -0.2) is 0 Å². The SMILES string of the molecule is c1ccc([CH2][Sb]([c]2ccccc2)[c]2ccccc2)cc1. The molecule has 0 nitrogen and oxygen atoms in total. The van der Waals surface area contributed by atoms with E-state index in [-0.39, 0.29) is 0 Å². The zero-order chi connectivity index (χ0) is 13.6. The second-order valence-corrected chi connectivity index (χ2v) is 11.0. The number of rotatable bonds is 4. The van der Waals surface area contributed by atoms with E-state index in [1.54, 1.807) is 7.02 Å². The Kier molecular flexibility index (Phi) is 4.56. The van der Waals surface area contributed by atoms with E-state index < -0.39 is 20.2 Å². The van der Waals surface area contributed by atoms with Gasteiger partial charge in [0.05, 0.1) is 0 Å². The summed E-state index contributed by atoms with van der Waals surface area (Å²) in [4.78, 5) is 0. The van der Waals surface area contributed by atoms with Crippen molar-refractivity contribution in [2.45, 2.75) is 4.37 Å². The number of hydrogen-bond donors (Lipinski definition) is 0. The van der Waals surface area contributed by atoms with Gasteiger partial charge in [-0.3, -0.25) is 0 Å². The summed E-state index contributed by atoms with van der Waals surface area (Å²) in [5.74, 6) is 0. The van der Waals surface area contributed by atoms with Gasteiger partial charge in [-0.05, 0) is 0 Å². The van der Waals surface area contributed by atoms with Gasteiger partial charge in [0.1, 0.15) is 0 Å². The molecule has 0 amide bonds. The Morgan fingerprint density at radius 1 is 0.500 bits per heavy atom. The molecule has 0 aromatic heterocycles. The van der Waals surface area contributed by atoms with Crippen LogP contribution >= 0.6 is 0 Å². The van der Waals surface area contributed by atoms with Gasteiger partial charge in [-0.1, -0.05) is 0 Å². The molecule has 0 bridgehead atoms. The van der Waals surface area contributed by atoms with Crippen LogP contribution in [0.15, 0.2) is 91.0 Å². The molecule has 0 fully saturated rings. The standard InChI is InChI=1S/C7H7.2C6H5.Sb/c1-7-5-3-2-4-6-7;2*1-2-4-6-5-3-1;/h2-6H,1H2;2*1-5H;. The number of benzene rings is 3. The van der Waals surface area contributed by atoms with Gasteiger partial charge >= 0.3 is 128 Å². The Bertz CT molecular complexity index is 593. The molecule has 0 unspecified atom stereocenters. The first-order valence-corrected chi connectivity index (χ1v) is 11.2. The van der Waals surface area contributed by atoms with E-state index in [0.717, 1.165) is 0 Å². The van der Waals surface area contributed by atoms with Crippen molar-refractivity contribution in [2.75, 3.05) is 0 Å². The van der Waals surface area contributed by atoms with Gasteiger partial charge in [0, 0.05) is 0 Å². The molecule has 3 rings (SSSR count). The van der Waals surface area contributed by atoms with Crippen molar-refractivity contribution in [1.29, 1.82) is 0 Å². The van der Waals surface area contributed by atoms with Gasteiger partial charge in [0.25, 0.3) is 0 Å². The molecule has 98 valence electrons. The number of hydrogen-bond acceptors (Lipinski definition) is 0. The quantitative estimate of drug-likeness (QED) is 0.622. The van der Waals surface area contributed by atoms with Crippen molar-refractivity contribution < 1.29 is 0 Å². The maximum absolute atomic E-state index is 2.30. The zero-order valence-electron chi connectivity index (χ0n) is 11.3. The molecule has 3 aromatic carbocycles. The van der Waals surface area contributed by atoms with E-state index in [1.807, 2.05) is 0 Å². The van der Waals surface area contributed by atoms with Crippen LogP contribution < -0.4 is 7.02 Å². The summed E-state index contributed by atoms with van der Waals surface area (Å²) in [5, 5.41) is 0. The Balaban J connectivity index is 1.96. The normalized spacial score (nSPS) is 10.7. The molecule has 0 aliphatic carbocycles. The molecular formula is C19H17Sb. The maximum atomic E-state index is 2.30. The molecule has 0 saturated heterocycles. The Hall–Kier alpha value is -1.52. The molecule has 1 heteroatoms. The molecule has 0 N–H and O–H groups in total. The van der Waals surface area contributed by atoms with Crippen molar-refractivity contribution in [1.82, 2.24) is 0 Å². The third-order valence-electron chi connectivity index (χ3n) is 3.32. The summed E-state index contributed by atoms with van der Waals surface area (Å²) in [6.07, 6.45) is 0. The van der Waals surface area contributed by atoms with Crippen LogP contribution in [0.2, 0.25) is 0 Å². The summed E-state index contributed by atoms with van der Waals surface area (Å²) in [6, 6.07) is 33.0. The zero-order valence-corrected chi connectivity index (χ0v) is 13.9. The van der Waals surface area contributed by atoms with Crippen molar-refractivity contribution in [3.63, 3.8) is 0 Å². The average Bonchev–Trinajstić information content (AvgIpc) is 2.55. The predicted octanol–water partition coefficient (Wildman–Crippen LogP) is 3.08. The third kappa shape index (κ3) is 3.32. The van der Waals surface area contributed by atoms with E-state index in [0.29, 0.717) is 0 Å². The van der Waals surface area contributed by atoms with Gasteiger partial charge < -0.3 is 0 Å². The predicted molar refractivity (Wildman–Crippen MR) is 88.1 cm³/mol.